The zero-order valence-electron chi connectivity index (χ0n) is 6.62. The summed E-state index contributed by atoms with van der Waals surface area (Å²) in [4.78, 5) is 3.95. The van der Waals surface area contributed by atoms with E-state index in [9.17, 15) is 0 Å². The maximum absolute atomic E-state index is 8.53. The first kappa shape index (κ1) is 8.09. The van der Waals surface area contributed by atoms with Gasteiger partial charge in [0.15, 0.2) is 11.7 Å². The van der Waals surface area contributed by atoms with Crippen molar-refractivity contribution in [2.24, 2.45) is 0 Å². The Morgan fingerprint density at radius 2 is 2.38 bits per heavy atom. The number of rotatable bonds is 1. The lowest BCUT2D eigenvalue weighted by Crippen LogP contribution is -1.76. The molecule has 1 aromatic heterocycles. The number of hydrogen-bond acceptors (Lipinski definition) is 3. The van der Waals surface area contributed by atoms with Crippen LogP contribution in [-0.2, 0) is 5.88 Å². The summed E-state index contributed by atoms with van der Waals surface area (Å²) in [7, 11) is 0. The Labute approximate surface area is 79.6 Å². The first-order valence-electron chi connectivity index (χ1n) is 3.69. The molecule has 0 N–H and O–H groups in total. The van der Waals surface area contributed by atoms with E-state index in [1.165, 1.54) is 0 Å². The van der Waals surface area contributed by atoms with Gasteiger partial charge in [0.25, 0.3) is 0 Å². The summed E-state index contributed by atoms with van der Waals surface area (Å²) >= 11 is 5.64. The molecule has 4 heteroatoms. The van der Waals surface area contributed by atoms with Crippen molar-refractivity contribution in [3.8, 4) is 6.07 Å². The lowest BCUT2D eigenvalue weighted by atomic mass is 10.2. The molecule has 0 aliphatic heterocycles. The number of alkyl halides is 1. The molecule has 0 aliphatic carbocycles. The van der Waals surface area contributed by atoms with Crippen LogP contribution >= 0.6 is 11.6 Å². The predicted molar refractivity (Wildman–Crippen MR) is 48.3 cm³/mol. The molecule has 0 saturated carbocycles. The van der Waals surface area contributed by atoms with Crippen molar-refractivity contribution >= 4 is 22.7 Å². The van der Waals surface area contributed by atoms with Crippen molar-refractivity contribution in [3.63, 3.8) is 0 Å². The van der Waals surface area contributed by atoms with E-state index in [1.54, 1.807) is 6.07 Å². The molecule has 1 heterocycles. The van der Waals surface area contributed by atoms with E-state index in [4.69, 9.17) is 21.3 Å². The lowest BCUT2D eigenvalue weighted by Gasteiger charge is -1.91. The first-order chi connectivity index (χ1) is 6.33. The molecule has 13 heavy (non-hydrogen) atoms. The molecule has 0 atom stereocenters. The number of benzene rings is 1. The van der Waals surface area contributed by atoms with Crippen molar-refractivity contribution in [1.29, 1.82) is 5.26 Å². The number of fused-ring (bicyclic) bond motifs is 1. The van der Waals surface area contributed by atoms with Crippen LogP contribution in [0, 0.1) is 11.3 Å². The maximum Gasteiger partial charge on any atom is 0.301 e. The van der Waals surface area contributed by atoms with E-state index in [2.05, 4.69) is 4.98 Å². The van der Waals surface area contributed by atoms with Gasteiger partial charge in [0.1, 0.15) is 5.52 Å². The van der Waals surface area contributed by atoms with Crippen molar-refractivity contribution in [1.82, 2.24) is 4.98 Å². The fourth-order valence-electron chi connectivity index (χ4n) is 1.10. The second-order valence-corrected chi connectivity index (χ2v) is 2.83. The maximum atomic E-state index is 8.53. The molecule has 0 fully saturated rings. The highest BCUT2D eigenvalue weighted by molar-refractivity contribution is 6.17. The minimum absolute atomic E-state index is 0.0849. The fraction of sp³-hybridized carbons (Fsp3) is 0.111. The lowest BCUT2D eigenvalue weighted by molar-refractivity contribution is 0.584. The van der Waals surface area contributed by atoms with Crippen molar-refractivity contribution in [2.45, 2.75) is 5.88 Å². The highest BCUT2D eigenvalue weighted by Gasteiger charge is 2.04. The van der Waals surface area contributed by atoms with Gasteiger partial charge in [-0.2, -0.15) is 10.2 Å². The molecule has 0 radical (unpaired) electrons. The van der Waals surface area contributed by atoms with Gasteiger partial charge in [-0.25, -0.2) is 0 Å². The molecule has 0 saturated heterocycles. The Morgan fingerprint density at radius 1 is 1.54 bits per heavy atom. The van der Waals surface area contributed by atoms with Gasteiger partial charge in [-0.05, 0) is 17.7 Å². The number of nitriles is 1. The number of hydrogen-bond donors (Lipinski definition) is 0. The SMILES string of the molecule is N#Cc1nc2cc(CCl)ccc2o1. The molecule has 0 spiro atoms. The monoisotopic (exact) mass is 192 g/mol. The van der Waals surface area contributed by atoms with Crippen LogP contribution in [0.25, 0.3) is 11.1 Å². The van der Waals surface area contributed by atoms with Gasteiger partial charge in [0.05, 0.1) is 0 Å². The average Bonchev–Trinajstić information content (AvgIpc) is 2.58. The van der Waals surface area contributed by atoms with E-state index in [1.807, 2.05) is 18.2 Å². The molecular formula is C9H5ClN2O. The summed E-state index contributed by atoms with van der Waals surface area (Å²) in [6, 6.07) is 7.27. The van der Waals surface area contributed by atoms with E-state index in [0.29, 0.717) is 17.0 Å². The third kappa shape index (κ3) is 1.36. The Morgan fingerprint density at radius 3 is 3.08 bits per heavy atom. The second-order valence-electron chi connectivity index (χ2n) is 2.57. The van der Waals surface area contributed by atoms with E-state index in [0.717, 1.165) is 5.56 Å². The second kappa shape index (κ2) is 3.08. The molecule has 0 bridgehead atoms. The van der Waals surface area contributed by atoms with Crippen LogP contribution in [-0.4, -0.2) is 4.98 Å². The summed E-state index contributed by atoms with van der Waals surface area (Å²) < 4.78 is 5.10. The van der Waals surface area contributed by atoms with Crippen LogP contribution in [0.15, 0.2) is 22.6 Å². The van der Waals surface area contributed by atoms with Gasteiger partial charge in [0, 0.05) is 5.88 Å². The van der Waals surface area contributed by atoms with Gasteiger partial charge in [-0.1, -0.05) is 6.07 Å². The highest BCUT2D eigenvalue weighted by atomic mass is 35.5. The summed E-state index contributed by atoms with van der Waals surface area (Å²) in [6.45, 7) is 0. The Kier molecular flexibility index (Phi) is 1.91. The third-order valence-electron chi connectivity index (χ3n) is 1.70. The zero-order valence-corrected chi connectivity index (χ0v) is 7.38. The molecule has 3 nitrogen and oxygen atoms in total. The molecule has 0 unspecified atom stereocenters. The van der Waals surface area contributed by atoms with Gasteiger partial charge in [-0.15, -0.1) is 11.6 Å². The van der Waals surface area contributed by atoms with Crippen LogP contribution in [0.3, 0.4) is 0 Å². The van der Waals surface area contributed by atoms with E-state index in [-0.39, 0.29) is 5.89 Å². The van der Waals surface area contributed by atoms with Crippen LogP contribution < -0.4 is 0 Å². The Bertz CT molecular complexity index is 484. The van der Waals surface area contributed by atoms with Gasteiger partial charge in [0.2, 0.25) is 0 Å². The van der Waals surface area contributed by atoms with Crippen molar-refractivity contribution in [3.05, 3.63) is 29.7 Å². The van der Waals surface area contributed by atoms with E-state index >= 15 is 0 Å². The van der Waals surface area contributed by atoms with E-state index < -0.39 is 0 Å². The van der Waals surface area contributed by atoms with Crippen LogP contribution in [0.1, 0.15) is 11.5 Å². The highest BCUT2D eigenvalue weighted by Crippen LogP contribution is 2.17. The zero-order chi connectivity index (χ0) is 9.26. The summed E-state index contributed by atoms with van der Waals surface area (Å²) in [5.74, 6) is 0.520. The summed E-state index contributed by atoms with van der Waals surface area (Å²) in [6.07, 6.45) is 0. The summed E-state index contributed by atoms with van der Waals surface area (Å²) in [5.41, 5.74) is 2.26. The molecule has 0 aliphatic rings. The third-order valence-corrected chi connectivity index (χ3v) is 2.01. The quantitative estimate of drug-likeness (QED) is 0.652. The number of aromatic nitrogens is 1. The van der Waals surface area contributed by atoms with Gasteiger partial charge >= 0.3 is 5.89 Å². The van der Waals surface area contributed by atoms with Crippen molar-refractivity contribution < 1.29 is 4.42 Å². The minimum atomic E-state index is 0.0849. The standard InChI is InChI=1S/C9H5ClN2O/c10-4-6-1-2-8-7(3-6)12-9(5-11)13-8/h1-3H,4H2. The van der Waals surface area contributed by atoms with Crippen LogP contribution in [0.5, 0.6) is 0 Å². The largest absolute Gasteiger partial charge is 0.428 e. The Balaban J connectivity index is 2.65. The molecule has 64 valence electrons. The topological polar surface area (TPSA) is 49.8 Å². The molecule has 2 aromatic rings. The van der Waals surface area contributed by atoms with Gasteiger partial charge in [-0.3, -0.25) is 0 Å². The normalized spacial score (nSPS) is 10.2. The fourth-order valence-corrected chi connectivity index (χ4v) is 1.27. The predicted octanol–water partition coefficient (Wildman–Crippen LogP) is 2.44. The molecule has 1 aromatic carbocycles. The minimum Gasteiger partial charge on any atom is -0.428 e. The smallest absolute Gasteiger partial charge is 0.301 e. The average molecular weight is 193 g/mol. The molecule has 2 rings (SSSR count). The summed E-state index contributed by atoms with van der Waals surface area (Å²) in [5, 5.41) is 8.53. The first-order valence-corrected chi connectivity index (χ1v) is 4.22. The van der Waals surface area contributed by atoms with Crippen LogP contribution in [0.2, 0.25) is 0 Å². The number of oxazole rings is 1. The number of halogens is 1. The van der Waals surface area contributed by atoms with Crippen LogP contribution in [0.4, 0.5) is 0 Å². The molecular weight excluding hydrogens is 188 g/mol. The number of nitrogens with zero attached hydrogens (tertiary/aromatic N) is 2. The van der Waals surface area contributed by atoms with Gasteiger partial charge < -0.3 is 4.42 Å². The molecule has 0 amide bonds. The Hall–Kier alpha value is -1.53. The van der Waals surface area contributed by atoms with Crippen molar-refractivity contribution in [2.75, 3.05) is 0 Å².